The molecule has 0 unspecified atom stereocenters. The van der Waals surface area contributed by atoms with E-state index in [-0.39, 0.29) is 6.54 Å². The Hall–Kier alpha value is -2.86. The molecule has 0 aliphatic heterocycles. The highest BCUT2D eigenvalue weighted by Crippen LogP contribution is 1.87. The average molecular weight is 246 g/mol. The van der Waals surface area contributed by atoms with Crippen LogP contribution < -0.4 is 10.7 Å². The number of hydrazone groups is 1. The molecule has 0 aromatic carbocycles. The van der Waals surface area contributed by atoms with Gasteiger partial charge in [-0.1, -0.05) is 6.07 Å². The van der Waals surface area contributed by atoms with Crippen molar-refractivity contribution in [3.8, 4) is 0 Å². The minimum absolute atomic E-state index is 0.273. The van der Waals surface area contributed by atoms with Crippen LogP contribution in [-0.2, 0) is 9.59 Å². The highest BCUT2D eigenvalue weighted by molar-refractivity contribution is 6.24. The number of rotatable bonds is 5. The second kappa shape index (κ2) is 7.42. The summed E-state index contributed by atoms with van der Waals surface area (Å²) >= 11 is 0. The molecule has 0 fully saturated rings. The largest absolute Gasteiger partial charge is 0.361 e. The zero-order valence-electron chi connectivity index (χ0n) is 9.28. The van der Waals surface area contributed by atoms with Crippen LogP contribution >= 0.6 is 0 Å². The van der Waals surface area contributed by atoms with Gasteiger partial charge in [-0.05, 0) is 12.1 Å². The van der Waals surface area contributed by atoms with Gasteiger partial charge < -0.3 is 10.8 Å². The van der Waals surface area contributed by atoms with E-state index in [1.165, 1.54) is 6.21 Å². The lowest BCUT2D eigenvalue weighted by Gasteiger charge is -1.98. The number of amides is 2. The van der Waals surface area contributed by atoms with E-state index in [1.807, 2.05) is 0 Å². The summed E-state index contributed by atoms with van der Waals surface area (Å²) in [6.07, 6.45) is 3.61. The van der Waals surface area contributed by atoms with Crippen LogP contribution in [0.2, 0.25) is 0 Å². The van der Waals surface area contributed by atoms with Crippen LogP contribution in [0, 0.1) is 0 Å². The Bertz CT molecular complexity index is 492. The van der Waals surface area contributed by atoms with Crippen LogP contribution in [0.1, 0.15) is 5.69 Å². The highest BCUT2D eigenvalue weighted by Gasteiger charge is 2.04. The van der Waals surface area contributed by atoms with Gasteiger partial charge in [0.15, 0.2) is 0 Å². The second-order valence-corrected chi connectivity index (χ2v) is 3.01. The van der Waals surface area contributed by atoms with E-state index in [1.54, 1.807) is 24.4 Å². The molecule has 0 spiro atoms. The maximum absolute atomic E-state index is 11.2. The number of pyridine rings is 1. The van der Waals surface area contributed by atoms with Gasteiger partial charge in [0.1, 0.15) is 0 Å². The highest BCUT2D eigenvalue weighted by atomic mass is 16.2. The zero-order chi connectivity index (χ0) is 13.2. The standard InChI is InChI=1S/C10H10N6O2/c11-14-7-9(17)13-6-10(18)16-15-5-8-3-1-2-4-12-8/h1-5,7H,6H2,(H,13,17)(H,16,18). The molecule has 18 heavy (non-hydrogen) atoms. The third-order valence-electron chi connectivity index (χ3n) is 1.67. The van der Waals surface area contributed by atoms with Crippen molar-refractivity contribution >= 4 is 24.2 Å². The van der Waals surface area contributed by atoms with Gasteiger partial charge >= 0.3 is 12.1 Å². The summed E-state index contributed by atoms with van der Waals surface area (Å²) < 4.78 is 0. The van der Waals surface area contributed by atoms with Crippen molar-refractivity contribution in [2.24, 2.45) is 5.10 Å². The van der Waals surface area contributed by atoms with Gasteiger partial charge in [0.25, 0.3) is 5.91 Å². The molecule has 2 N–H and O–H groups in total. The fourth-order valence-electron chi connectivity index (χ4n) is 0.928. The molecule has 0 saturated carbocycles. The molecule has 1 heterocycles. The monoisotopic (exact) mass is 246 g/mol. The first-order chi connectivity index (χ1) is 8.72. The average Bonchev–Trinajstić information content (AvgIpc) is 2.38. The SMILES string of the molecule is [N-]=[N+]=CC(=O)NCC(=O)NN=Cc1ccccn1. The number of nitrogens with one attached hydrogen (secondary N) is 2. The Balaban J connectivity index is 2.31. The fraction of sp³-hybridized carbons (Fsp3) is 0.100. The van der Waals surface area contributed by atoms with Crippen molar-refractivity contribution in [3.63, 3.8) is 0 Å². The third kappa shape index (κ3) is 5.29. The van der Waals surface area contributed by atoms with E-state index in [2.05, 4.69) is 25.6 Å². The van der Waals surface area contributed by atoms with Gasteiger partial charge in [0.05, 0.1) is 18.5 Å². The van der Waals surface area contributed by atoms with E-state index in [0.717, 1.165) is 0 Å². The third-order valence-corrected chi connectivity index (χ3v) is 1.67. The van der Waals surface area contributed by atoms with Crippen LogP contribution in [0.3, 0.4) is 0 Å². The molecule has 0 radical (unpaired) electrons. The minimum atomic E-state index is -0.679. The van der Waals surface area contributed by atoms with Gasteiger partial charge in [0.2, 0.25) is 0 Å². The first kappa shape index (κ1) is 13.2. The van der Waals surface area contributed by atoms with Crippen molar-refractivity contribution in [3.05, 3.63) is 35.6 Å². The Kier molecular flexibility index (Phi) is 5.44. The smallest absolute Gasteiger partial charge is 0.344 e. The Morgan fingerprint density at radius 2 is 2.33 bits per heavy atom. The number of carbonyl (C=O) groups is 2. The maximum Gasteiger partial charge on any atom is 0.344 e. The Morgan fingerprint density at radius 1 is 1.50 bits per heavy atom. The molecule has 8 heteroatoms. The molecule has 1 rings (SSSR count). The first-order valence-corrected chi connectivity index (χ1v) is 4.90. The van der Waals surface area contributed by atoms with Crippen LogP contribution in [0.15, 0.2) is 29.5 Å². The van der Waals surface area contributed by atoms with E-state index >= 15 is 0 Å². The van der Waals surface area contributed by atoms with Crippen molar-refractivity contribution in [1.82, 2.24) is 15.7 Å². The van der Waals surface area contributed by atoms with Crippen molar-refractivity contribution in [2.45, 2.75) is 0 Å². The molecule has 0 atom stereocenters. The number of hydrogen-bond donors (Lipinski definition) is 2. The summed E-state index contributed by atoms with van der Waals surface area (Å²) in [7, 11) is 0. The van der Waals surface area contributed by atoms with Gasteiger partial charge in [-0.3, -0.25) is 14.6 Å². The molecule has 0 saturated heterocycles. The van der Waals surface area contributed by atoms with E-state index < -0.39 is 11.8 Å². The molecule has 0 aliphatic carbocycles. The fourth-order valence-corrected chi connectivity index (χ4v) is 0.928. The van der Waals surface area contributed by atoms with Crippen LogP contribution in [0.4, 0.5) is 0 Å². The van der Waals surface area contributed by atoms with Crippen LogP contribution in [-0.4, -0.2) is 40.6 Å². The second-order valence-electron chi connectivity index (χ2n) is 3.01. The molecular formula is C10H10N6O2. The maximum atomic E-state index is 11.2. The van der Waals surface area contributed by atoms with Gasteiger partial charge in [-0.2, -0.15) is 9.89 Å². The Morgan fingerprint density at radius 3 is 3.00 bits per heavy atom. The molecule has 8 nitrogen and oxygen atoms in total. The summed E-state index contributed by atoms with van der Waals surface area (Å²) in [5.74, 6) is -1.19. The van der Waals surface area contributed by atoms with Gasteiger partial charge in [-0.15, -0.1) is 0 Å². The number of aromatic nitrogens is 1. The van der Waals surface area contributed by atoms with Gasteiger partial charge in [0, 0.05) is 6.20 Å². The normalized spacial score (nSPS) is 9.56. The lowest BCUT2D eigenvalue weighted by atomic mass is 10.4. The quantitative estimate of drug-likeness (QED) is 0.298. The number of hydrogen-bond acceptors (Lipinski definition) is 4. The zero-order valence-corrected chi connectivity index (χ0v) is 9.28. The molecule has 1 aromatic rings. The molecule has 2 amide bonds. The van der Waals surface area contributed by atoms with E-state index in [9.17, 15) is 9.59 Å². The lowest BCUT2D eigenvalue weighted by Crippen LogP contribution is -2.35. The molecule has 1 aromatic heterocycles. The topological polar surface area (TPSA) is 120 Å². The van der Waals surface area contributed by atoms with E-state index in [0.29, 0.717) is 11.9 Å². The summed E-state index contributed by atoms with van der Waals surface area (Å²) in [5.41, 5.74) is 10.8. The summed E-state index contributed by atoms with van der Waals surface area (Å²) in [4.78, 5) is 28.4. The first-order valence-electron chi connectivity index (χ1n) is 4.90. The lowest BCUT2D eigenvalue weighted by molar-refractivity contribution is -0.124. The molecule has 0 bridgehead atoms. The number of carbonyl (C=O) groups excluding carboxylic acids is 2. The predicted octanol–water partition coefficient (Wildman–Crippen LogP) is -1.05. The summed E-state index contributed by atoms with van der Waals surface area (Å²) in [5, 5.41) is 5.83. The van der Waals surface area contributed by atoms with Crippen molar-refractivity contribution in [2.75, 3.05) is 6.54 Å². The van der Waals surface area contributed by atoms with Crippen LogP contribution in [0.5, 0.6) is 0 Å². The summed E-state index contributed by atoms with van der Waals surface area (Å²) in [6, 6.07) is 5.26. The Labute approximate surface area is 102 Å². The predicted molar refractivity (Wildman–Crippen MR) is 62.7 cm³/mol. The van der Waals surface area contributed by atoms with E-state index in [4.69, 9.17) is 5.53 Å². The molecular weight excluding hydrogens is 236 g/mol. The molecule has 92 valence electrons. The van der Waals surface area contributed by atoms with Crippen LogP contribution in [0.25, 0.3) is 5.53 Å². The van der Waals surface area contributed by atoms with Crippen molar-refractivity contribution < 1.29 is 14.4 Å². The molecule has 0 aliphatic rings. The minimum Gasteiger partial charge on any atom is -0.361 e. The van der Waals surface area contributed by atoms with Gasteiger partial charge in [-0.25, -0.2) is 5.43 Å². The number of nitrogens with zero attached hydrogens (tertiary/aromatic N) is 4. The summed E-state index contributed by atoms with van der Waals surface area (Å²) in [6.45, 7) is -0.273. The van der Waals surface area contributed by atoms with Crippen molar-refractivity contribution in [1.29, 1.82) is 0 Å².